The molecule has 0 saturated carbocycles. The highest BCUT2D eigenvalue weighted by Crippen LogP contribution is 2.28. The smallest absolute Gasteiger partial charge is 0.262 e. The highest BCUT2D eigenvalue weighted by molar-refractivity contribution is 5.98. The Balaban J connectivity index is 1.70. The van der Waals surface area contributed by atoms with E-state index in [0.29, 0.717) is 23.5 Å². The van der Waals surface area contributed by atoms with Crippen molar-refractivity contribution < 1.29 is 14.3 Å². The number of nitrogens with one attached hydrogen (secondary N) is 2. The van der Waals surface area contributed by atoms with Gasteiger partial charge in [0.2, 0.25) is 0 Å². The van der Waals surface area contributed by atoms with Crippen LogP contribution < -0.4 is 15.4 Å². The second-order valence-corrected chi connectivity index (χ2v) is 5.16. The molecule has 0 radical (unpaired) electrons. The van der Waals surface area contributed by atoms with Crippen molar-refractivity contribution in [3.05, 3.63) is 59.2 Å². The monoisotopic (exact) mass is 296 g/mol. The van der Waals surface area contributed by atoms with Crippen LogP contribution >= 0.6 is 0 Å². The summed E-state index contributed by atoms with van der Waals surface area (Å²) in [4.78, 5) is 23.4. The van der Waals surface area contributed by atoms with E-state index in [1.165, 1.54) is 0 Å². The van der Waals surface area contributed by atoms with E-state index in [0.717, 1.165) is 11.1 Å². The Kier molecular flexibility index (Phi) is 3.78. The predicted octanol–water partition coefficient (Wildman–Crippen LogP) is 2.26. The van der Waals surface area contributed by atoms with E-state index in [4.69, 9.17) is 4.74 Å². The van der Waals surface area contributed by atoms with Crippen LogP contribution in [0.5, 0.6) is 5.75 Å². The van der Waals surface area contributed by atoms with Crippen molar-refractivity contribution >= 4 is 17.5 Å². The highest BCUT2D eigenvalue weighted by atomic mass is 16.5. The van der Waals surface area contributed by atoms with Gasteiger partial charge in [0.25, 0.3) is 11.8 Å². The maximum absolute atomic E-state index is 12.2. The van der Waals surface area contributed by atoms with Crippen molar-refractivity contribution in [1.29, 1.82) is 0 Å². The number of ether oxygens (including phenoxy) is 1. The number of carbonyl (C=O) groups is 2. The summed E-state index contributed by atoms with van der Waals surface area (Å²) in [6.45, 7) is 2.46. The first-order chi connectivity index (χ1) is 10.6. The maximum Gasteiger partial charge on any atom is 0.262 e. The van der Waals surface area contributed by atoms with Crippen LogP contribution in [0.2, 0.25) is 0 Å². The molecule has 2 aromatic rings. The van der Waals surface area contributed by atoms with Crippen LogP contribution in [-0.4, -0.2) is 18.4 Å². The van der Waals surface area contributed by atoms with E-state index in [-0.39, 0.29) is 18.4 Å². The minimum Gasteiger partial charge on any atom is -0.482 e. The molecule has 1 heterocycles. The molecule has 2 N–H and O–H groups in total. The third-order valence-corrected chi connectivity index (χ3v) is 3.58. The Labute approximate surface area is 128 Å². The van der Waals surface area contributed by atoms with Gasteiger partial charge < -0.3 is 15.4 Å². The third-order valence-electron chi connectivity index (χ3n) is 3.58. The zero-order valence-electron chi connectivity index (χ0n) is 12.2. The largest absolute Gasteiger partial charge is 0.482 e. The molecule has 0 aliphatic carbocycles. The van der Waals surface area contributed by atoms with E-state index < -0.39 is 0 Å². The van der Waals surface area contributed by atoms with Gasteiger partial charge in [-0.2, -0.15) is 0 Å². The van der Waals surface area contributed by atoms with Gasteiger partial charge in [0.05, 0.1) is 5.69 Å². The molecule has 0 spiro atoms. The lowest BCUT2D eigenvalue weighted by atomic mass is 10.1. The molecule has 5 heteroatoms. The summed E-state index contributed by atoms with van der Waals surface area (Å²) in [5.74, 6) is 0.152. The summed E-state index contributed by atoms with van der Waals surface area (Å²) in [5, 5.41) is 5.59. The Morgan fingerprint density at radius 3 is 2.91 bits per heavy atom. The van der Waals surface area contributed by atoms with Gasteiger partial charge in [-0.1, -0.05) is 24.3 Å². The number of hydrogen-bond acceptors (Lipinski definition) is 3. The Morgan fingerprint density at radius 2 is 2.09 bits per heavy atom. The molecular formula is C17H16N2O3. The number of fused-ring (bicyclic) bond motifs is 1. The van der Waals surface area contributed by atoms with E-state index in [1.54, 1.807) is 18.2 Å². The molecular weight excluding hydrogens is 280 g/mol. The predicted molar refractivity (Wildman–Crippen MR) is 82.9 cm³/mol. The van der Waals surface area contributed by atoms with Crippen LogP contribution in [0.3, 0.4) is 0 Å². The number of rotatable bonds is 3. The molecule has 112 valence electrons. The van der Waals surface area contributed by atoms with E-state index in [2.05, 4.69) is 10.6 Å². The molecule has 3 rings (SSSR count). The summed E-state index contributed by atoms with van der Waals surface area (Å²) in [6, 6.07) is 12.9. The third kappa shape index (κ3) is 2.93. The fourth-order valence-corrected chi connectivity index (χ4v) is 2.30. The number of carbonyl (C=O) groups excluding carboxylic acids is 2. The topological polar surface area (TPSA) is 67.4 Å². The lowest BCUT2D eigenvalue weighted by Crippen LogP contribution is -2.26. The van der Waals surface area contributed by atoms with E-state index >= 15 is 0 Å². The summed E-state index contributed by atoms with van der Waals surface area (Å²) in [6.07, 6.45) is 0. The molecule has 2 aromatic carbocycles. The molecule has 0 atom stereocenters. The van der Waals surface area contributed by atoms with Crippen molar-refractivity contribution in [1.82, 2.24) is 5.32 Å². The fourth-order valence-electron chi connectivity index (χ4n) is 2.30. The maximum atomic E-state index is 12.2. The molecule has 1 aliphatic rings. The second-order valence-electron chi connectivity index (χ2n) is 5.16. The minimum atomic E-state index is -0.191. The van der Waals surface area contributed by atoms with Crippen molar-refractivity contribution in [2.24, 2.45) is 0 Å². The number of benzene rings is 2. The second kappa shape index (κ2) is 5.89. The molecule has 22 heavy (non-hydrogen) atoms. The molecule has 5 nitrogen and oxygen atoms in total. The summed E-state index contributed by atoms with van der Waals surface area (Å²) in [5.41, 5.74) is 3.31. The van der Waals surface area contributed by atoms with Gasteiger partial charge in [-0.05, 0) is 36.2 Å². The first-order valence-electron chi connectivity index (χ1n) is 7.03. The Bertz CT molecular complexity index is 740. The van der Waals surface area contributed by atoms with Crippen LogP contribution in [0.25, 0.3) is 0 Å². The molecule has 0 fully saturated rings. The minimum absolute atomic E-state index is 0.0265. The van der Waals surface area contributed by atoms with E-state index in [9.17, 15) is 9.59 Å². The van der Waals surface area contributed by atoms with Crippen LogP contribution in [0.1, 0.15) is 21.5 Å². The Morgan fingerprint density at radius 1 is 1.27 bits per heavy atom. The van der Waals surface area contributed by atoms with Gasteiger partial charge in [-0.3, -0.25) is 9.59 Å². The average Bonchev–Trinajstić information content (AvgIpc) is 2.53. The molecule has 0 aromatic heterocycles. The number of amides is 2. The molecule has 0 saturated heterocycles. The molecule has 2 amide bonds. The van der Waals surface area contributed by atoms with Gasteiger partial charge in [-0.15, -0.1) is 0 Å². The number of aryl methyl sites for hydroxylation is 1. The van der Waals surface area contributed by atoms with Crippen molar-refractivity contribution in [2.75, 3.05) is 11.9 Å². The standard InChI is InChI=1S/C17H16N2O3/c1-11-4-2-3-5-13(11)9-18-17(21)12-6-7-14-15(8-12)22-10-16(20)19-14/h2-8H,9-10H2,1H3,(H,18,21)(H,19,20). The van der Waals surface area contributed by atoms with Crippen LogP contribution in [0, 0.1) is 6.92 Å². The summed E-state index contributed by atoms with van der Waals surface area (Å²) < 4.78 is 5.32. The van der Waals surface area contributed by atoms with E-state index in [1.807, 2.05) is 31.2 Å². The van der Waals surface area contributed by atoms with Gasteiger partial charge >= 0.3 is 0 Å². The molecule has 0 bridgehead atoms. The number of anilines is 1. The first-order valence-corrected chi connectivity index (χ1v) is 7.03. The van der Waals surface area contributed by atoms with Gasteiger partial charge in [0, 0.05) is 12.1 Å². The van der Waals surface area contributed by atoms with Gasteiger partial charge in [0.15, 0.2) is 6.61 Å². The normalized spacial score (nSPS) is 12.9. The quantitative estimate of drug-likeness (QED) is 0.913. The zero-order chi connectivity index (χ0) is 15.5. The lowest BCUT2D eigenvalue weighted by molar-refractivity contribution is -0.118. The SMILES string of the molecule is Cc1ccccc1CNC(=O)c1ccc2c(c1)OCC(=O)N2. The molecule has 0 unspecified atom stereocenters. The van der Waals surface area contributed by atoms with Gasteiger partial charge in [-0.25, -0.2) is 0 Å². The first kappa shape index (κ1) is 14.1. The van der Waals surface area contributed by atoms with Crippen LogP contribution in [-0.2, 0) is 11.3 Å². The average molecular weight is 296 g/mol. The number of hydrogen-bond donors (Lipinski definition) is 2. The van der Waals surface area contributed by atoms with Crippen molar-refractivity contribution in [3.8, 4) is 5.75 Å². The van der Waals surface area contributed by atoms with Crippen LogP contribution in [0.15, 0.2) is 42.5 Å². The summed E-state index contributed by atoms with van der Waals surface area (Å²) in [7, 11) is 0. The van der Waals surface area contributed by atoms with Crippen molar-refractivity contribution in [2.45, 2.75) is 13.5 Å². The molecule has 1 aliphatic heterocycles. The summed E-state index contributed by atoms with van der Waals surface area (Å²) >= 11 is 0. The zero-order valence-corrected chi connectivity index (χ0v) is 12.2. The van der Waals surface area contributed by atoms with Crippen molar-refractivity contribution in [3.63, 3.8) is 0 Å². The highest BCUT2D eigenvalue weighted by Gasteiger charge is 2.17. The van der Waals surface area contributed by atoms with Gasteiger partial charge in [0.1, 0.15) is 5.75 Å². The fraction of sp³-hybridized carbons (Fsp3) is 0.176. The van der Waals surface area contributed by atoms with Crippen LogP contribution in [0.4, 0.5) is 5.69 Å². The Hall–Kier alpha value is -2.82. The lowest BCUT2D eigenvalue weighted by Gasteiger charge is -2.18.